The molecule has 0 bridgehead atoms. The maximum Gasteiger partial charge on any atom is 0.335 e. The number of aromatic carboxylic acids is 1. The average molecular weight is 461 g/mol. The number of hydrogen-bond donors (Lipinski definition) is 1. The molecular weight excluding hydrogens is 432 g/mol. The van der Waals surface area contributed by atoms with Crippen LogP contribution in [0.5, 0.6) is 5.75 Å². The first-order chi connectivity index (χ1) is 15.3. The van der Waals surface area contributed by atoms with Gasteiger partial charge >= 0.3 is 5.97 Å². The second-order valence-electron chi connectivity index (χ2n) is 7.77. The summed E-state index contributed by atoms with van der Waals surface area (Å²) in [5, 5.41) is 9.35. The Morgan fingerprint density at radius 1 is 1.00 bits per heavy atom. The lowest BCUT2D eigenvalue weighted by molar-refractivity contribution is 0.0697. The SMILES string of the molecule is CCCCCCCCOc1cc(S(=O)(=O)CC)cc2c(=O)c3cc(C(=O)O)ccc3oc12. The minimum absolute atomic E-state index is 0.0218. The van der Waals surface area contributed by atoms with E-state index in [1.165, 1.54) is 56.5 Å². The number of unbranched alkanes of at least 4 members (excludes halogenated alkanes) is 5. The highest BCUT2D eigenvalue weighted by molar-refractivity contribution is 7.91. The fourth-order valence-electron chi connectivity index (χ4n) is 3.55. The highest BCUT2D eigenvalue weighted by Gasteiger charge is 2.20. The number of ether oxygens (including phenoxy) is 1. The average Bonchev–Trinajstić information content (AvgIpc) is 2.78. The van der Waals surface area contributed by atoms with Crippen LogP contribution in [-0.2, 0) is 9.84 Å². The van der Waals surface area contributed by atoms with E-state index in [0.29, 0.717) is 6.61 Å². The fourth-order valence-corrected chi connectivity index (χ4v) is 4.47. The van der Waals surface area contributed by atoms with E-state index in [0.717, 1.165) is 19.3 Å². The first kappa shape index (κ1) is 23.8. The number of carboxylic acid groups (broad SMARTS) is 1. The van der Waals surface area contributed by atoms with Gasteiger partial charge in [0, 0.05) is 6.07 Å². The summed E-state index contributed by atoms with van der Waals surface area (Å²) in [5.41, 5.74) is -0.183. The highest BCUT2D eigenvalue weighted by Crippen LogP contribution is 2.31. The van der Waals surface area contributed by atoms with Crippen LogP contribution in [0, 0.1) is 0 Å². The minimum Gasteiger partial charge on any atom is -0.490 e. The van der Waals surface area contributed by atoms with E-state index >= 15 is 0 Å². The van der Waals surface area contributed by atoms with E-state index in [4.69, 9.17) is 9.15 Å². The number of sulfone groups is 1. The summed E-state index contributed by atoms with van der Waals surface area (Å²) in [6, 6.07) is 6.70. The van der Waals surface area contributed by atoms with Gasteiger partial charge in [-0.3, -0.25) is 4.79 Å². The van der Waals surface area contributed by atoms with Gasteiger partial charge in [0.15, 0.2) is 21.2 Å². The number of carboxylic acids is 1. The van der Waals surface area contributed by atoms with Crippen LogP contribution in [0.2, 0.25) is 0 Å². The Kier molecular flexibility index (Phi) is 7.56. The van der Waals surface area contributed by atoms with E-state index in [1.54, 1.807) is 0 Å². The monoisotopic (exact) mass is 460 g/mol. The molecule has 8 heteroatoms. The van der Waals surface area contributed by atoms with Crippen LogP contribution in [0.3, 0.4) is 0 Å². The maximum atomic E-state index is 13.2. The summed E-state index contributed by atoms with van der Waals surface area (Å²) in [4.78, 5) is 24.4. The molecule has 2 aromatic carbocycles. The van der Waals surface area contributed by atoms with Crippen molar-refractivity contribution < 1.29 is 27.5 Å². The van der Waals surface area contributed by atoms with Crippen molar-refractivity contribution >= 4 is 37.7 Å². The van der Waals surface area contributed by atoms with Crippen LogP contribution in [0.25, 0.3) is 21.9 Å². The second kappa shape index (κ2) is 10.2. The lowest BCUT2D eigenvalue weighted by Gasteiger charge is -2.12. The zero-order valence-corrected chi connectivity index (χ0v) is 19.2. The molecule has 0 atom stereocenters. The summed E-state index contributed by atoms with van der Waals surface area (Å²) in [6.45, 7) is 4.06. The van der Waals surface area contributed by atoms with Gasteiger partial charge in [-0.25, -0.2) is 13.2 Å². The zero-order valence-electron chi connectivity index (χ0n) is 18.3. The van der Waals surface area contributed by atoms with E-state index < -0.39 is 21.2 Å². The molecule has 0 aliphatic carbocycles. The van der Waals surface area contributed by atoms with Crippen LogP contribution in [0.1, 0.15) is 62.7 Å². The summed E-state index contributed by atoms with van der Waals surface area (Å²) in [7, 11) is -3.60. The molecule has 0 saturated carbocycles. The Bertz CT molecular complexity index is 1290. The van der Waals surface area contributed by atoms with Gasteiger partial charge in [0.05, 0.1) is 33.6 Å². The van der Waals surface area contributed by atoms with E-state index in [9.17, 15) is 23.1 Å². The molecule has 0 amide bonds. The fraction of sp³-hybridized carbons (Fsp3) is 0.417. The Labute approximate surface area is 186 Å². The molecule has 0 fully saturated rings. The Hall–Kier alpha value is -2.87. The van der Waals surface area contributed by atoms with Gasteiger partial charge in [-0.15, -0.1) is 0 Å². The normalized spacial score (nSPS) is 11.8. The molecule has 0 spiro atoms. The molecule has 172 valence electrons. The molecule has 7 nitrogen and oxygen atoms in total. The lowest BCUT2D eigenvalue weighted by atomic mass is 10.1. The van der Waals surface area contributed by atoms with Gasteiger partial charge in [-0.05, 0) is 30.7 Å². The van der Waals surface area contributed by atoms with Crippen LogP contribution in [0.4, 0.5) is 0 Å². The third-order valence-corrected chi connectivity index (χ3v) is 7.16. The van der Waals surface area contributed by atoms with Crippen LogP contribution >= 0.6 is 0 Å². The third-order valence-electron chi connectivity index (χ3n) is 5.45. The van der Waals surface area contributed by atoms with Gasteiger partial charge in [0.1, 0.15) is 5.58 Å². The quantitative estimate of drug-likeness (QED) is 0.310. The zero-order chi connectivity index (χ0) is 23.3. The van der Waals surface area contributed by atoms with Gasteiger partial charge in [-0.2, -0.15) is 0 Å². The highest BCUT2D eigenvalue weighted by atomic mass is 32.2. The molecule has 3 aromatic rings. The standard InChI is InChI=1S/C24H28O7S/c1-3-5-6-7-8-9-12-30-21-15-17(32(28,29)4-2)14-19-22(25)18-13-16(24(26)27)10-11-20(18)31-23(19)21/h10-11,13-15H,3-9,12H2,1-2H3,(H,26,27). The molecule has 0 aliphatic heterocycles. The van der Waals surface area contributed by atoms with E-state index in [2.05, 4.69) is 6.92 Å². The molecule has 1 heterocycles. The Morgan fingerprint density at radius 2 is 1.72 bits per heavy atom. The van der Waals surface area contributed by atoms with Crippen molar-refractivity contribution in [3.05, 3.63) is 46.1 Å². The molecule has 32 heavy (non-hydrogen) atoms. The van der Waals surface area contributed by atoms with Crippen molar-refractivity contribution in [1.29, 1.82) is 0 Å². The molecule has 0 saturated heterocycles. The Morgan fingerprint density at radius 3 is 2.41 bits per heavy atom. The van der Waals surface area contributed by atoms with Gasteiger partial charge in [0.25, 0.3) is 0 Å². The van der Waals surface area contributed by atoms with E-state index in [1.807, 2.05) is 0 Å². The topological polar surface area (TPSA) is 111 Å². The van der Waals surface area contributed by atoms with Crippen molar-refractivity contribution in [2.45, 2.75) is 57.3 Å². The molecule has 0 unspecified atom stereocenters. The molecule has 0 aliphatic rings. The first-order valence-electron chi connectivity index (χ1n) is 10.9. The summed E-state index contributed by atoms with van der Waals surface area (Å²) < 4.78 is 36.8. The molecular formula is C24H28O7S. The minimum atomic E-state index is -3.60. The lowest BCUT2D eigenvalue weighted by Crippen LogP contribution is -2.09. The van der Waals surface area contributed by atoms with Gasteiger partial charge in [0.2, 0.25) is 5.43 Å². The number of carbonyl (C=O) groups is 1. The molecule has 1 N–H and O–H groups in total. The van der Waals surface area contributed by atoms with Crippen molar-refractivity contribution in [2.75, 3.05) is 12.4 Å². The van der Waals surface area contributed by atoms with Crippen LogP contribution < -0.4 is 10.2 Å². The summed E-state index contributed by atoms with van der Waals surface area (Å²) in [6.07, 6.45) is 6.44. The summed E-state index contributed by atoms with van der Waals surface area (Å²) >= 11 is 0. The van der Waals surface area contributed by atoms with Crippen molar-refractivity contribution in [2.24, 2.45) is 0 Å². The van der Waals surface area contributed by atoms with Gasteiger partial charge in [-0.1, -0.05) is 46.0 Å². The summed E-state index contributed by atoms with van der Waals surface area (Å²) in [5.74, 6) is -1.10. The number of hydrogen-bond acceptors (Lipinski definition) is 6. The second-order valence-corrected chi connectivity index (χ2v) is 10.0. The Balaban J connectivity index is 2.06. The van der Waals surface area contributed by atoms with Crippen LogP contribution in [-0.4, -0.2) is 31.9 Å². The molecule has 3 rings (SSSR count). The first-order valence-corrected chi connectivity index (χ1v) is 12.6. The largest absolute Gasteiger partial charge is 0.490 e. The predicted octanol–water partition coefficient (Wildman–Crippen LogP) is 5.18. The smallest absolute Gasteiger partial charge is 0.335 e. The van der Waals surface area contributed by atoms with Crippen molar-refractivity contribution in [1.82, 2.24) is 0 Å². The van der Waals surface area contributed by atoms with Crippen molar-refractivity contribution in [3.8, 4) is 5.75 Å². The predicted molar refractivity (Wildman–Crippen MR) is 124 cm³/mol. The van der Waals surface area contributed by atoms with Crippen molar-refractivity contribution in [3.63, 3.8) is 0 Å². The number of benzene rings is 2. The van der Waals surface area contributed by atoms with Gasteiger partial charge < -0.3 is 14.3 Å². The van der Waals surface area contributed by atoms with E-state index in [-0.39, 0.29) is 43.9 Å². The number of fused-ring (bicyclic) bond motifs is 2. The molecule has 1 aromatic heterocycles. The third kappa shape index (κ3) is 5.12. The number of rotatable bonds is 11. The molecule has 0 radical (unpaired) electrons. The van der Waals surface area contributed by atoms with Crippen LogP contribution in [0.15, 0.2) is 44.4 Å². The maximum absolute atomic E-state index is 13.2.